The second kappa shape index (κ2) is 7.66. The Hall–Kier alpha value is -3.17. The van der Waals surface area contributed by atoms with Crippen molar-refractivity contribution in [2.24, 2.45) is 11.8 Å². The molecule has 3 atom stereocenters. The van der Waals surface area contributed by atoms with Gasteiger partial charge in [0, 0.05) is 14.7 Å². The molecule has 3 aromatic rings. The number of amides is 2. The van der Waals surface area contributed by atoms with Crippen LogP contribution in [0.2, 0.25) is 0 Å². The van der Waals surface area contributed by atoms with Crippen molar-refractivity contribution in [3.8, 4) is 0 Å². The Morgan fingerprint density at radius 1 is 0.800 bits per heavy atom. The van der Waals surface area contributed by atoms with Gasteiger partial charge in [0.15, 0.2) is 0 Å². The molecule has 2 amide bonds. The largest absolute Gasteiger partial charge is 0.349 e. The van der Waals surface area contributed by atoms with E-state index in [1.165, 1.54) is 0 Å². The highest BCUT2D eigenvalue weighted by atomic mass is 127. The van der Waals surface area contributed by atoms with Gasteiger partial charge in [0.2, 0.25) is 29.0 Å². The summed E-state index contributed by atoms with van der Waals surface area (Å²) in [6, 6.07) is 19.2. The molecule has 2 fully saturated rings. The molecule has 0 unspecified atom stereocenters. The molecule has 2 saturated heterocycles. The number of anilines is 1. The Kier molecular flexibility index (Phi) is 4.88. The van der Waals surface area contributed by atoms with Crippen molar-refractivity contribution in [3.63, 3.8) is 0 Å². The van der Waals surface area contributed by atoms with Crippen LogP contribution in [0, 0.1) is 29.3 Å². The number of carbonyl (C=O) groups is 4. The first kappa shape index (κ1) is 22.3. The van der Waals surface area contributed by atoms with Gasteiger partial charge in [-0.2, -0.15) is 0 Å². The smallest absolute Gasteiger partial charge is 0.241 e. The summed E-state index contributed by atoms with van der Waals surface area (Å²) in [6.45, 7) is 3.86. The van der Waals surface area contributed by atoms with Crippen molar-refractivity contribution in [1.82, 2.24) is 0 Å². The minimum absolute atomic E-state index is 0.226. The lowest BCUT2D eigenvalue weighted by Crippen LogP contribution is -2.51. The van der Waals surface area contributed by atoms with E-state index in [4.69, 9.17) is 4.74 Å². The number of hydrogen-bond donors (Lipinski definition) is 0. The maximum Gasteiger partial charge on any atom is 0.241 e. The molecular formula is C28H20INO5. The second-order valence-electron chi connectivity index (χ2n) is 9.32. The lowest BCUT2D eigenvalue weighted by atomic mass is 9.77. The number of halogens is 1. The number of carbonyl (C=O) groups excluding carboxylic acids is 4. The first-order chi connectivity index (χ1) is 16.8. The molecule has 0 radical (unpaired) electrons. The summed E-state index contributed by atoms with van der Waals surface area (Å²) in [7, 11) is 0. The monoisotopic (exact) mass is 577 g/mol. The number of aryl methyl sites for hydroxylation is 2. The quantitative estimate of drug-likeness (QED) is 0.253. The number of imide groups is 1. The fourth-order valence-corrected chi connectivity index (χ4v) is 6.19. The number of benzene rings is 3. The summed E-state index contributed by atoms with van der Waals surface area (Å²) >= 11 is 2.16. The van der Waals surface area contributed by atoms with Gasteiger partial charge in [0.1, 0.15) is 0 Å². The highest BCUT2D eigenvalue weighted by molar-refractivity contribution is 14.1. The van der Waals surface area contributed by atoms with Crippen LogP contribution in [0.15, 0.2) is 66.7 Å². The third-order valence-electron chi connectivity index (χ3n) is 7.44. The summed E-state index contributed by atoms with van der Waals surface area (Å²) in [5.74, 6) is -4.38. The number of fused-ring (bicyclic) bond motifs is 3. The van der Waals surface area contributed by atoms with Crippen LogP contribution in [0.5, 0.6) is 0 Å². The molecule has 1 aliphatic carbocycles. The number of ether oxygens (including phenoxy) is 1. The zero-order valence-electron chi connectivity index (χ0n) is 18.9. The first-order valence-electron chi connectivity index (χ1n) is 11.3. The Morgan fingerprint density at radius 2 is 1.49 bits per heavy atom. The zero-order valence-corrected chi connectivity index (χ0v) is 21.1. The van der Waals surface area contributed by atoms with Crippen molar-refractivity contribution in [3.05, 3.63) is 98.1 Å². The molecule has 0 N–H and O–H groups in total. The standard InChI is InChI=1S/C28H20INO5/c1-14-10-11-18(12-15(14)2)30-26(33)21-22(27(30)34)28(35-23(21)16-6-5-7-17(29)13-16)24(31)19-8-3-4-9-20(19)25(28)32/h3-13,21-23H,1-2H3/t21-,22+,23-/m1/s1. The summed E-state index contributed by atoms with van der Waals surface area (Å²) < 4.78 is 7.24. The van der Waals surface area contributed by atoms with E-state index in [-0.39, 0.29) is 11.1 Å². The van der Waals surface area contributed by atoms with Crippen LogP contribution in [0.25, 0.3) is 0 Å². The number of hydrogen-bond acceptors (Lipinski definition) is 5. The minimum Gasteiger partial charge on any atom is -0.349 e. The fourth-order valence-electron chi connectivity index (χ4n) is 5.62. The predicted molar refractivity (Wildman–Crippen MR) is 136 cm³/mol. The third-order valence-corrected chi connectivity index (χ3v) is 8.12. The van der Waals surface area contributed by atoms with Crippen molar-refractivity contribution in [2.75, 3.05) is 4.90 Å². The van der Waals surface area contributed by atoms with Gasteiger partial charge in [-0.3, -0.25) is 19.2 Å². The molecule has 6 nitrogen and oxygen atoms in total. The maximum absolute atomic E-state index is 14.0. The molecule has 0 aromatic heterocycles. The van der Waals surface area contributed by atoms with Crippen molar-refractivity contribution in [2.45, 2.75) is 25.6 Å². The number of Topliss-reactive ketones (excluding diaryl/α,β-unsaturated/α-hetero) is 2. The molecule has 2 heterocycles. The molecule has 2 aliphatic heterocycles. The van der Waals surface area contributed by atoms with Gasteiger partial charge < -0.3 is 4.74 Å². The summed E-state index contributed by atoms with van der Waals surface area (Å²) in [5.41, 5.74) is 1.45. The van der Waals surface area contributed by atoms with E-state index in [2.05, 4.69) is 22.6 Å². The predicted octanol–water partition coefficient (Wildman–Crippen LogP) is 4.60. The molecule has 6 rings (SSSR count). The van der Waals surface area contributed by atoms with Gasteiger partial charge >= 0.3 is 0 Å². The molecule has 1 spiro atoms. The van der Waals surface area contributed by atoms with Crippen LogP contribution < -0.4 is 4.90 Å². The van der Waals surface area contributed by atoms with E-state index in [0.29, 0.717) is 11.3 Å². The Morgan fingerprint density at radius 3 is 2.11 bits per heavy atom. The molecule has 0 saturated carbocycles. The molecule has 3 aliphatic rings. The van der Waals surface area contributed by atoms with E-state index < -0.39 is 46.9 Å². The Labute approximate surface area is 215 Å². The van der Waals surface area contributed by atoms with Gasteiger partial charge in [-0.05, 0) is 77.4 Å². The van der Waals surface area contributed by atoms with Crippen LogP contribution in [-0.2, 0) is 14.3 Å². The Balaban J connectivity index is 1.55. The van der Waals surface area contributed by atoms with Gasteiger partial charge in [0.05, 0.1) is 23.6 Å². The van der Waals surface area contributed by atoms with E-state index in [1.54, 1.807) is 42.5 Å². The summed E-state index contributed by atoms with van der Waals surface area (Å²) in [6.07, 6.45) is -0.912. The van der Waals surface area contributed by atoms with Crippen LogP contribution in [0.4, 0.5) is 5.69 Å². The van der Waals surface area contributed by atoms with Crippen LogP contribution >= 0.6 is 22.6 Å². The van der Waals surface area contributed by atoms with Crippen molar-refractivity contribution < 1.29 is 23.9 Å². The molecular weight excluding hydrogens is 557 g/mol. The van der Waals surface area contributed by atoms with Gasteiger partial charge in [-0.25, -0.2) is 4.90 Å². The highest BCUT2D eigenvalue weighted by Crippen LogP contribution is 2.57. The van der Waals surface area contributed by atoms with E-state index in [9.17, 15) is 19.2 Å². The zero-order chi connectivity index (χ0) is 24.6. The first-order valence-corrected chi connectivity index (χ1v) is 12.4. The number of rotatable bonds is 2. The SMILES string of the molecule is Cc1ccc(N2C(=O)[C@H]3[C@@H](c4cccc(I)c4)OC4(C(=O)c5ccccc5C4=O)[C@@H]3C2=O)cc1C. The van der Waals surface area contributed by atoms with Crippen LogP contribution in [0.3, 0.4) is 0 Å². The molecule has 35 heavy (non-hydrogen) atoms. The third kappa shape index (κ3) is 2.91. The van der Waals surface area contributed by atoms with Crippen LogP contribution in [0.1, 0.15) is 43.5 Å². The number of ketones is 2. The average molecular weight is 577 g/mol. The Bertz CT molecular complexity index is 1440. The molecule has 0 bridgehead atoms. The van der Waals surface area contributed by atoms with Gasteiger partial charge in [-0.15, -0.1) is 0 Å². The topological polar surface area (TPSA) is 80.8 Å². The molecule has 7 heteroatoms. The van der Waals surface area contributed by atoms with E-state index in [1.807, 2.05) is 38.1 Å². The summed E-state index contributed by atoms with van der Waals surface area (Å²) in [4.78, 5) is 56.6. The van der Waals surface area contributed by atoms with E-state index in [0.717, 1.165) is 19.6 Å². The lowest BCUT2D eigenvalue weighted by molar-refractivity contribution is -0.127. The second-order valence-corrected chi connectivity index (χ2v) is 10.6. The van der Waals surface area contributed by atoms with E-state index >= 15 is 0 Å². The maximum atomic E-state index is 14.0. The molecule has 174 valence electrons. The normalized spacial score (nSPS) is 24.4. The average Bonchev–Trinajstić information content (AvgIpc) is 3.41. The highest BCUT2D eigenvalue weighted by Gasteiger charge is 2.74. The lowest BCUT2D eigenvalue weighted by Gasteiger charge is -2.27. The van der Waals surface area contributed by atoms with Crippen molar-refractivity contribution in [1.29, 1.82) is 0 Å². The van der Waals surface area contributed by atoms with Gasteiger partial charge in [0.25, 0.3) is 0 Å². The number of nitrogens with zero attached hydrogens (tertiary/aromatic N) is 1. The van der Waals surface area contributed by atoms with Crippen molar-refractivity contribution >= 4 is 51.7 Å². The fraction of sp³-hybridized carbons (Fsp3) is 0.214. The summed E-state index contributed by atoms with van der Waals surface area (Å²) in [5, 5.41) is 0. The minimum atomic E-state index is -2.05. The van der Waals surface area contributed by atoms with Gasteiger partial charge in [-0.1, -0.05) is 42.5 Å². The molecule has 3 aromatic carbocycles. The van der Waals surface area contributed by atoms with Crippen LogP contribution in [-0.4, -0.2) is 29.0 Å².